The van der Waals surface area contributed by atoms with Gasteiger partial charge in [-0.25, -0.2) is 0 Å². The fourth-order valence-corrected chi connectivity index (χ4v) is 5.40. The fourth-order valence-electron chi connectivity index (χ4n) is 5.13. The molecule has 0 heterocycles. The molecule has 47 heavy (non-hydrogen) atoms. The van der Waals surface area contributed by atoms with Crippen LogP contribution in [0.1, 0.15) is 36.0 Å². The molecule has 0 fully saturated rings. The van der Waals surface area contributed by atoms with Crippen LogP contribution in [0.2, 0.25) is 5.02 Å². The summed E-state index contributed by atoms with van der Waals surface area (Å²) >= 11 is 6.79. The molecule has 0 aliphatic carbocycles. The van der Waals surface area contributed by atoms with Crippen molar-refractivity contribution in [2.24, 2.45) is 5.73 Å². The minimum atomic E-state index is -1.40. The van der Waals surface area contributed by atoms with E-state index in [-0.39, 0.29) is 0 Å². The van der Waals surface area contributed by atoms with Gasteiger partial charge in [0.1, 0.15) is 6.42 Å². The number of rotatable bonds is 20. The maximum atomic E-state index is 13.5. The summed E-state index contributed by atoms with van der Waals surface area (Å²) in [5, 5.41) is 3.22. The zero-order chi connectivity index (χ0) is 33.2. The molecule has 4 aromatic carbocycles. The van der Waals surface area contributed by atoms with E-state index in [2.05, 4.69) is 5.32 Å². The molecule has 3 N–H and O–H groups in total. The standard InChI is InChI=1S/C38H43ClN2O6/c39-35-16-8-7-15-34(35)38(32-13-5-2-6-14-32,33-19-17-31(18-20-33)30-11-3-1-4-12-30)47-37(43)29-36(42)41-22-10-24-45-26-28-46-27-25-44-23-9-21-40/h1-8,11-20H,9-10,21-29,40H2,(H,41,42). The Morgan fingerprint density at radius 1 is 0.638 bits per heavy atom. The average Bonchev–Trinajstić information content (AvgIpc) is 3.10. The van der Waals surface area contributed by atoms with Crippen LogP contribution in [-0.2, 0) is 34.1 Å². The zero-order valence-electron chi connectivity index (χ0n) is 26.6. The minimum Gasteiger partial charge on any atom is -0.444 e. The number of amides is 1. The molecule has 4 rings (SSSR count). The maximum absolute atomic E-state index is 13.5. The van der Waals surface area contributed by atoms with Crippen LogP contribution in [0.4, 0.5) is 0 Å². The maximum Gasteiger partial charge on any atom is 0.316 e. The molecular formula is C38H43ClN2O6. The van der Waals surface area contributed by atoms with Gasteiger partial charge >= 0.3 is 5.97 Å². The highest BCUT2D eigenvalue weighted by atomic mass is 35.5. The number of carbonyl (C=O) groups is 2. The number of ether oxygens (including phenoxy) is 4. The first-order valence-corrected chi connectivity index (χ1v) is 16.3. The lowest BCUT2D eigenvalue weighted by molar-refractivity contribution is -0.155. The molecule has 0 saturated carbocycles. The van der Waals surface area contributed by atoms with E-state index in [1.807, 2.05) is 103 Å². The molecule has 1 atom stereocenters. The summed E-state index contributed by atoms with van der Waals surface area (Å²) in [4.78, 5) is 26.3. The number of nitrogens with two attached hydrogens (primary N) is 1. The molecule has 0 saturated heterocycles. The van der Waals surface area contributed by atoms with Crippen molar-refractivity contribution in [3.63, 3.8) is 0 Å². The van der Waals surface area contributed by atoms with Crippen molar-refractivity contribution >= 4 is 23.5 Å². The van der Waals surface area contributed by atoms with Gasteiger partial charge in [-0.2, -0.15) is 0 Å². The van der Waals surface area contributed by atoms with E-state index < -0.39 is 23.9 Å². The highest BCUT2D eigenvalue weighted by Gasteiger charge is 2.42. The molecule has 0 spiro atoms. The molecule has 0 aromatic heterocycles. The molecule has 1 unspecified atom stereocenters. The van der Waals surface area contributed by atoms with E-state index in [1.54, 1.807) is 6.07 Å². The quantitative estimate of drug-likeness (QED) is 0.0508. The van der Waals surface area contributed by atoms with Gasteiger partial charge in [0.05, 0.1) is 26.4 Å². The number of hydrogen-bond acceptors (Lipinski definition) is 7. The number of carbonyl (C=O) groups excluding carboxylic acids is 2. The van der Waals surface area contributed by atoms with Crippen LogP contribution < -0.4 is 11.1 Å². The van der Waals surface area contributed by atoms with Gasteiger partial charge in [-0.05, 0) is 36.6 Å². The summed E-state index contributed by atoms with van der Waals surface area (Å²) in [6.45, 7) is 3.99. The Labute approximate surface area is 282 Å². The third kappa shape index (κ3) is 10.7. The van der Waals surface area contributed by atoms with Crippen LogP contribution in [0.25, 0.3) is 11.1 Å². The molecule has 0 aliphatic heterocycles. The van der Waals surface area contributed by atoms with Crippen molar-refractivity contribution in [1.82, 2.24) is 5.32 Å². The van der Waals surface area contributed by atoms with Gasteiger partial charge in [0.15, 0.2) is 5.60 Å². The summed E-state index contributed by atoms with van der Waals surface area (Å²) in [7, 11) is 0. The molecular weight excluding hydrogens is 616 g/mol. The highest BCUT2D eigenvalue weighted by molar-refractivity contribution is 6.31. The van der Waals surface area contributed by atoms with E-state index in [9.17, 15) is 9.59 Å². The first kappa shape index (κ1) is 35.8. The van der Waals surface area contributed by atoms with Crippen molar-refractivity contribution in [2.75, 3.05) is 52.7 Å². The number of halogens is 1. The van der Waals surface area contributed by atoms with Crippen molar-refractivity contribution in [2.45, 2.75) is 24.9 Å². The van der Waals surface area contributed by atoms with Gasteiger partial charge < -0.3 is 30.0 Å². The average molecular weight is 659 g/mol. The van der Waals surface area contributed by atoms with Crippen LogP contribution in [-0.4, -0.2) is 64.6 Å². The molecule has 0 radical (unpaired) electrons. The lowest BCUT2D eigenvalue weighted by Crippen LogP contribution is -2.37. The van der Waals surface area contributed by atoms with Gasteiger partial charge in [-0.15, -0.1) is 0 Å². The van der Waals surface area contributed by atoms with Crippen LogP contribution in [0, 0.1) is 0 Å². The Kier molecular flexibility index (Phi) is 14.9. The summed E-state index contributed by atoms with van der Waals surface area (Å²) in [5.74, 6) is -1.12. The number of hydrogen-bond donors (Lipinski definition) is 2. The van der Waals surface area contributed by atoms with Gasteiger partial charge in [0, 0.05) is 41.5 Å². The van der Waals surface area contributed by atoms with Crippen LogP contribution in [0.5, 0.6) is 0 Å². The summed E-state index contributed by atoms with van der Waals surface area (Å²) in [6, 6.07) is 34.6. The van der Waals surface area contributed by atoms with Gasteiger partial charge in [-0.3, -0.25) is 9.59 Å². The Balaban J connectivity index is 1.38. The monoisotopic (exact) mass is 658 g/mol. The van der Waals surface area contributed by atoms with Gasteiger partial charge in [-0.1, -0.05) is 115 Å². The van der Waals surface area contributed by atoms with Gasteiger partial charge in [0.2, 0.25) is 5.91 Å². The Morgan fingerprint density at radius 2 is 1.17 bits per heavy atom. The van der Waals surface area contributed by atoms with E-state index in [1.165, 1.54) is 0 Å². The van der Waals surface area contributed by atoms with E-state index in [4.69, 9.17) is 36.3 Å². The Hall–Kier alpha value is -4.05. The molecule has 248 valence electrons. The SMILES string of the molecule is NCCCOCCOCCOCCCNC(=O)CC(=O)OC(c1ccccc1)(c1ccc(-c2ccccc2)cc1)c1ccccc1Cl. The third-order valence-corrected chi connectivity index (χ3v) is 7.76. The first-order chi connectivity index (χ1) is 23.0. The summed E-state index contributed by atoms with van der Waals surface area (Å²) in [6.07, 6.45) is 0.968. The van der Waals surface area contributed by atoms with E-state index >= 15 is 0 Å². The molecule has 4 aromatic rings. The smallest absolute Gasteiger partial charge is 0.316 e. The molecule has 0 aliphatic rings. The first-order valence-electron chi connectivity index (χ1n) is 15.9. The predicted molar refractivity (Wildman–Crippen MR) is 184 cm³/mol. The second-order valence-corrected chi connectivity index (χ2v) is 11.2. The lowest BCUT2D eigenvalue weighted by atomic mass is 9.79. The zero-order valence-corrected chi connectivity index (χ0v) is 27.3. The lowest BCUT2D eigenvalue weighted by Gasteiger charge is -2.36. The van der Waals surface area contributed by atoms with E-state index in [0.717, 1.165) is 17.5 Å². The molecule has 8 nitrogen and oxygen atoms in total. The molecule has 1 amide bonds. The largest absolute Gasteiger partial charge is 0.444 e. The number of esters is 1. The highest BCUT2D eigenvalue weighted by Crippen LogP contribution is 2.44. The minimum absolute atomic E-state index is 0.358. The Morgan fingerprint density at radius 3 is 1.81 bits per heavy atom. The van der Waals surface area contributed by atoms with Crippen molar-refractivity contribution in [1.29, 1.82) is 0 Å². The van der Waals surface area contributed by atoms with Gasteiger partial charge in [0.25, 0.3) is 0 Å². The summed E-state index contributed by atoms with van der Waals surface area (Å²) < 4.78 is 22.8. The fraction of sp³-hybridized carbons (Fsp3) is 0.316. The second kappa shape index (κ2) is 19.6. The topological polar surface area (TPSA) is 109 Å². The van der Waals surface area contributed by atoms with Crippen molar-refractivity contribution in [3.8, 4) is 11.1 Å². The number of benzene rings is 4. The van der Waals surface area contributed by atoms with E-state index in [0.29, 0.717) is 80.9 Å². The van der Waals surface area contributed by atoms with Crippen LogP contribution in [0.3, 0.4) is 0 Å². The van der Waals surface area contributed by atoms with Crippen molar-refractivity contribution < 1.29 is 28.5 Å². The predicted octanol–water partition coefficient (Wildman–Crippen LogP) is 6.14. The van der Waals surface area contributed by atoms with Crippen LogP contribution >= 0.6 is 11.6 Å². The summed E-state index contributed by atoms with van der Waals surface area (Å²) in [5.41, 5.74) is 8.10. The third-order valence-electron chi connectivity index (χ3n) is 7.43. The van der Waals surface area contributed by atoms with Crippen LogP contribution in [0.15, 0.2) is 109 Å². The van der Waals surface area contributed by atoms with Crippen molar-refractivity contribution in [3.05, 3.63) is 131 Å². The molecule has 9 heteroatoms. The second-order valence-electron chi connectivity index (χ2n) is 10.8. The Bertz CT molecular complexity index is 1500. The normalized spacial score (nSPS) is 12.3. The molecule has 0 bridgehead atoms. The number of nitrogens with one attached hydrogen (secondary N) is 1.